The van der Waals surface area contributed by atoms with Crippen LogP contribution in [0.1, 0.15) is 59.3 Å². The average molecular weight is 284 g/mol. The summed E-state index contributed by atoms with van der Waals surface area (Å²) in [6.45, 7) is 13.4. The molecule has 0 radical (unpaired) electrons. The van der Waals surface area contributed by atoms with Crippen LogP contribution in [-0.4, -0.2) is 50.3 Å². The predicted octanol–water partition coefficient (Wildman–Crippen LogP) is 3.29. The van der Waals surface area contributed by atoms with E-state index in [9.17, 15) is 0 Å². The van der Waals surface area contributed by atoms with Crippen LogP contribution in [0.5, 0.6) is 0 Å². The van der Waals surface area contributed by atoms with E-state index in [1.807, 2.05) is 0 Å². The Labute approximate surface area is 126 Å². The van der Waals surface area contributed by atoms with Gasteiger partial charge in [0.25, 0.3) is 0 Å². The maximum Gasteiger partial charge on any atom is 0.0518 e. The lowest BCUT2D eigenvalue weighted by Crippen LogP contribution is -2.33. The maximum absolute atomic E-state index is 5.54. The van der Waals surface area contributed by atoms with E-state index in [1.54, 1.807) is 0 Å². The summed E-state index contributed by atoms with van der Waals surface area (Å²) in [5.74, 6) is 0.992. The smallest absolute Gasteiger partial charge is 0.0518 e. The van der Waals surface area contributed by atoms with E-state index in [0.29, 0.717) is 6.10 Å². The van der Waals surface area contributed by atoms with Gasteiger partial charge in [-0.25, -0.2) is 0 Å². The van der Waals surface area contributed by atoms with Crippen LogP contribution in [0.15, 0.2) is 0 Å². The van der Waals surface area contributed by atoms with E-state index in [4.69, 9.17) is 4.74 Å². The summed E-state index contributed by atoms with van der Waals surface area (Å²) in [7, 11) is 0. The molecule has 1 rings (SSSR count). The molecule has 1 N–H and O–H groups in total. The van der Waals surface area contributed by atoms with E-state index in [0.717, 1.165) is 32.0 Å². The normalized spacial score (nSPS) is 21.3. The van der Waals surface area contributed by atoms with Gasteiger partial charge in [0.15, 0.2) is 0 Å². The van der Waals surface area contributed by atoms with Crippen molar-refractivity contribution in [3.8, 4) is 0 Å². The van der Waals surface area contributed by atoms with Crippen molar-refractivity contribution >= 4 is 0 Å². The molecule has 0 aromatic rings. The van der Waals surface area contributed by atoms with Gasteiger partial charge < -0.3 is 15.0 Å². The van der Waals surface area contributed by atoms with Gasteiger partial charge in [0.1, 0.15) is 0 Å². The molecule has 0 aromatic heterocycles. The fourth-order valence-corrected chi connectivity index (χ4v) is 3.02. The molecule has 1 aliphatic heterocycles. The van der Waals surface area contributed by atoms with Crippen molar-refractivity contribution in [1.82, 2.24) is 10.2 Å². The van der Waals surface area contributed by atoms with Crippen molar-refractivity contribution in [2.45, 2.75) is 65.4 Å². The van der Waals surface area contributed by atoms with E-state index >= 15 is 0 Å². The number of nitrogens with zero attached hydrogens (tertiary/aromatic N) is 1. The summed E-state index contributed by atoms with van der Waals surface area (Å²) in [5.41, 5.74) is 0. The molecule has 3 heteroatoms. The minimum Gasteiger partial charge on any atom is -0.379 e. The van der Waals surface area contributed by atoms with Crippen LogP contribution < -0.4 is 5.32 Å². The number of rotatable bonds is 10. The highest BCUT2D eigenvalue weighted by Gasteiger charge is 2.15. The zero-order valence-electron chi connectivity index (χ0n) is 14.0. The third-order valence-electron chi connectivity index (χ3n) is 4.19. The van der Waals surface area contributed by atoms with Crippen LogP contribution in [0, 0.1) is 5.92 Å². The monoisotopic (exact) mass is 284 g/mol. The Morgan fingerprint density at radius 3 is 2.80 bits per heavy atom. The zero-order valence-corrected chi connectivity index (χ0v) is 14.0. The van der Waals surface area contributed by atoms with Crippen LogP contribution in [0.4, 0.5) is 0 Å². The van der Waals surface area contributed by atoms with Crippen molar-refractivity contribution in [3.63, 3.8) is 0 Å². The molecular weight excluding hydrogens is 248 g/mol. The quantitative estimate of drug-likeness (QED) is 0.623. The first-order valence-corrected chi connectivity index (χ1v) is 8.77. The number of ether oxygens (including phenoxy) is 1. The van der Waals surface area contributed by atoms with Gasteiger partial charge in [0.2, 0.25) is 0 Å². The third kappa shape index (κ3) is 8.93. The van der Waals surface area contributed by atoms with Crippen molar-refractivity contribution < 1.29 is 4.74 Å². The summed E-state index contributed by atoms with van der Waals surface area (Å²) >= 11 is 0. The number of hydrogen-bond donors (Lipinski definition) is 1. The second kappa shape index (κ2) is 11.5. The van der Waals surface area contributed by atoms with Crippen molar-refractivity contribution in [3.05, 3.63) is 0 Å². The van der Waals surface area contributed by atoms with Crippen LogP contribution in [0.2, 0.25) is 0 Å². The summed E-state index contributed by atoms with van der Waals surface area (Å²) in [4.78, 5) is 2.65. The molecule has 1 fully saturated rings. The second-order valence-electron chi connectivity index (χ2n) is 6.45. The fraction of sp³-hybridized carbons (Fsp3) is 1.00. The predicted molar refractivity (Wildman–Crippen MR) is 87.3 cm³/mol. The van der Waals surface area contributed by atoms with E-state index in [-0.39, 0.29) is 0 Å². The fourth-order valence-electron chi connectivity index (χ4n) is 3.02. The Hall–Kier alpha value is -0.120. The summed E-state index contributed by atoms with van der Waals surface area (Å²) in [5, 5.41) is 3.54. The molecular formula is C17H36N2O. The largest absolute Gasteiger partial charge is 0.379 e. The molecule has 1 unspecified atom stereocenters. The summed E-state index contributed by atoms with van der Waals surface area (Å²) < 4.78 is 5.54. The van der Waals surface area contributed by atoms with Gasteiger partial charge in [-0.1, -0.05) is 19.8 Å². The zero-order chi connectivity index (χ0) is 14.6. The summed E-state index contributed by atoms with van der Waals surface area (Å²) in [6, 6.07) is 0. The Morgan fingerprint density at radius 1 is 1.20 bits per heavy atom. The minimum atomic E-state index is 0.364. The van der Waals surface area contributed by atoms with E-state index in [1.165, 1.54) is 51.7 Å². The lowest BCUT2D eigenvalue weighted by molar-refractivity contribution is 0.0770. The van der Waals surface area contributed by atoms with Crippen LogP contribution in [0.3, 0.4) is 0 Å². The molecule has 120 valence electrons. The molecule has 1 heterocycles. The lowest BCUT2D eigenvalue weighted by atomic mass is 9.96. The first-order chi connectivity index (χ1) is 9.72. The first kappa shape index (κ1) is 17.9. The van der Waals surface area contributed by atoms with Crippen LogP contribution >= 0.6 is 0 Å². The first-order valence-electron chi connectivity index (χ1n) is 8.77. The van der Waals surface area contributed by atoms with E-state index in [2.05, 4.69) is 31.0 Å². The van der Waals surface area contributed by atoms with Gasteiger partial charge in [-0.05, 0) is 65.1 Å². The van der Waals surface area contributed by atoms with Crippen molar-refractivity contribution in [2.75, 3.05) is 39.3 Å². The van der Waals surface area contributed by atoms with Gasteiger partial charge in [-0.15, -0.1) is 0 Å². The second-order valence-corrected chi connectivity index (χ2v) is 6.45. The Morgan fingerprint density at radius 2 is 2.05 bits per heavy atom. The Balaban J connectivity index is 1.96. The standard InChI is InChI=1S/C17H36N2O/c1-4-7-17-8-5-12-19(13-9-17)14-11-18-10-6-15-20-16(2)3/h16-18H,4-15H2,1-3H3. The van der Waals surface area contributed by atoms with Gasteiger partial charge in [-0.2, -0.15) is 0 Å². The highest BCUT2D eigenvalue weighted by atomic mass is 16.5. The van der Waals surface area contributed by atoms with Gasteiger partial charge in [0.05, 0.1) is 6.10 Å². The number of likely N-dealkylation sites (tertiary alicyclic amines) is 1. The molecule has 1 aliphatic rings. The highest BCUT2D eigenvalue weighted by Crippen LogP contribution is 2.21. The van der Waals surface area contributed by atoms with Crippen LogP contribution in [-0.2, 0) is 4.74 Å². The topological polar surface area (TPSA) is 24.5 Å². The van der Waals surface area contributed by atoms with Crippen molar-refractivity contribution in [2.24, 2.45) is 5.92 Å². The molecule has 1 atom stereocenters. The van der Waals surface area contributed by atoms with Crippen molar-refractivity contribution in [1.29, 1.82) is 0 Å². The molecule has 0 amide bonds. The SMILES string of the molecule is CCCC1CCCN(CCNCCCOC(C)C)CC1. The lowest BCUT2D eigenvalue weighted by Gasteiger charge is -2.20. The Kier molecular flexibility index (Phi) is 10.3. The molecule has 0 saturated carbocycles. The molecule has 0 aliphatic carbocycles. The minimum absolute atomic E-state index is 0.364. The third-order valence-corrected chi connectivity index (χ3v) is 4.19. The van der Waals surface area contributed by atoms with Gasteiger partial charge in [0, 0.05) is 19.7 Å². The van der Waals surface area contributed by atoms with Gasteiger partial charge >= 0.3 is 0 Å². The molecule has 0 spiro atoms. The van der Waals surface area contributed by atoms with Crippen LogP contribution in [0.25, 0.3) is 0 Å². The van der Waals surface area contributed by atoms with E-state index < -0.39 is 0 Å². The highest BCUT2D eigenvalue weighted by molar-refractivity contribution is 4.70. The molecule has 0 bridgehead atoms. The molecule has 1 saturated heterocycles. The number of hydrogen-bond acceptors (Lipinski definition) is 3. The maximum atomic E-state index is 5.54. The average Bonchev–Trinajstić information content (AvgIpc) is 2.63. The molecule has 20 heavy (non-hydrogen) atoms. The summed E-state index contributed by atoms with van der Waals surface area (Å²) in [6.07, 6.45) is 8.53. The van der Waals surface area contributed by atoms with Gasteiger partial charge in [-0.3, -0.25) is 0 Å². The Bertz CT molecular complexity index is 221. The number of nitrogens with one attached hydrogen (secondary N) is 1. The molecule has 3 nitrogen and oxygen atoms in total. The molecule has 0 aromatic carbocycles.